The third-order valence-electron chi connectivity index (χ3n) is 5.26. The largest absolute Gasteiger partial charge is 0.489 e. The third kappa shape index (κ3) is 4.96. The molecule has 3 aromatic carbocycles. The Kier molecular flexibility index (Phi) is 5.80. The minimum absolute atomic E-state index is 0.108. The van der Waals surface area contributed by atoms with Gasteiger partial charge in [-0.3, -0.25) is 4.79 Å². The molecule has 0 radical (unpaired) electrons. The van der Waals surface area contributed by atoms with Gasteiger partial charge in [0.2, 0.25) is 0 Å². The lowest BCUT2D eigenvalue weighted by atomic mass is 9.81. The topological polar surface area (TPSA) is 55.8 Å². The molecule has 1 unspecified atom stereocenters. The van der Waals surface area contributed by atoms with Crippen molar-refractivity contribution in [1.82, 2.24) is 0 Å². The van der Waals surface area contributed by atoms with E-state index >= 15 is 0 Å². The smallest absolute Gasteiger partial charge is 0.303 e. The minimum atomic E-state index is -0.735. The van der Waals surface area contributed by atoms with Crippen LogP contribution in [0.3, 0.4) is 0 Å². The van der Waals surface area contributed by atoms with Crippen molar-refractivity contribution in [3.63, 3.8) is 0 Å². The molecule has 0 heterocycles. The van der Waals surface area contributed by atoms with Gasteiger partial charge in [-0.25, -0.2) is 0 Å². The first-order valence-corrected chi connectivity index (χ1v) is 9.96. The van der Waals surface area contributed by atoms with Crippen LogP contribution in [0.2, 0.25) is 0 Å². The number of aryl methyl sites for hydroxylation is 1. The summed E-state index contributed by atoms with van der Waals surface area (Å²) in [6.45, 7) is 0.448. The van der Waals surface area contributed by atoms with Crippen molar-refractivity contribution in [2.45, 2.75) is 38.2 Å². The molecule has 1 atom stereocenters. The van der Waals surface area contributed by atoms with E-state index in [0.717, 1.165) is 47.6 Å². The Morgan fingerprint density at radius 1 is 0.931 bits per heavy atom. The van der Waals surface area contributed by atoms with Gasteiger partial charge in [0.15, 0.2) is 0 Å². The van der Waals surface area contributed by atoms with E-state index in [9.17, 15) is 4.79 Å². The lowest BCUT2D eigenvalue weighted by molar-refractivity contribution is -0.137. The van der Waals surface area contributed by atoms with Crippen molar-refractivity contribution < 1.29 is 19.4 Å². The Morgan fingerprint density at radius 3 is 2.59 bits per heavy atom. The first-order chi connectivity index (χ1) is 14.2. The number of hydrogen-bond donors (Lipinski definition) is 1. The maximum absolute atomic E-state index is 11.1. The van der Waals surface area contributed by atoms with Gasteiger partial charge >= 0.3 is 5.97 Å². The second-order valence-electron chi connectivity index (χ2n) is 7.40. The van der Waals surface area contributed by atoms with Gasteiger partial charge < -0.3 is 14.6 Å². The first-order valence-electron chi connectivity index (χ1n) is 9.96. The average molecular weight is 388 g/mol. The molecule has 4 rings (SSSR count). The number of rotatable bonds is 7. The summed E-state index contributed by atoms with van der Waals surface area (Å²) < 4.78 is 11.9. The van der Waals surface area contributed by atoms with Crippen LogP contribution in [-0.2, 0) is 17.8 Å². The number of para-hydroxylation sites is 1. The molecule has 4 nitrogen and oxygen atoms in total. The molecule has 0 spiro atoms. The van der Waals surface area contributed by atoms with Crippen molar-refractivity contribution >= 4 is 5.97 Å². The molecule has 0 aliphatic heterocycles. The molecule has 1 N–H and O–H groups in total. The first kappa shape index (κ1) is 19.1. The lowest BCUT2D eigenvalue weighted by Gasteiger charge is -2.24. The maximum Gasteiger partial charge on any atom is 0.303 e. The van der Waals surface area contributed by atoms with Crippen molar-refractivity contribution in [3.05, 3.63) is 89.5 Å². The Morgan fingerprint density at radius 2 is 1.76 bits per heavy atom. The van der Waals surface area contributed by atoms with E-state index in [1.165, 1.54) is 5.56 Å². The molecule has 3 aromatic rings. The van der Waals surface area contributed by atoms with Crippen molar-refractivity contribution in [3.8, 4) is 17.2 Å². The van der Waals surface area contributed by atoms with Gasteiger partial charge in [-0.15, -0.1) is 0 Å². The van der Waals surface area contributed by atoms with Gasteiger partial charge in [0.1, 0.15) is 23.9 Å². The van der Waals surface area contributed by atoms with Crippen LogP contribution in [0.4, 0.5) is 0 Å². The quantitative estimate of drug-likeness (QED) is 0.543. The van der Waals surface area contributed by atoms with E-state index in [4.69, 9.17) is 14.6 Å². The molecule has 0 amide bonds. The molecule has 0 aromatic heterocycles. The van der Waals surface area contributed by atoms with Gasteiger partial charge in [0, 0.05) is 0 Å². The van der Waals surface area contributed by atoms with Crippen molar-refractivity contribution in [1.29, 1.82) is 0 Å². The summed E-state index contributed by atoms with van der Waals surface area (Å²) in [7, 11) is 0. The average Bonchev–Trinajstić information content (AvgIpc) is 2.73. The Balaban J connectivity index is 1.42. The van der Waals surface area contributed by atoms with Gasteiger partial charge in [-0.1, -0.05) is 36.4 Å². The normalized spacial score (nSPS) is 15.4. The van der Waals surface area contributed by atoms with Crippen LogP contribution in [-0.4, -0.2) is 11.1 Å². The van der Waals surface area contributed by atoms with E-state index < -0.39 is 5.97 Å². The fraction of sp³-hybridized carbons (Fsp3) is 0.240. The molecule has 0 bridgehead atoms. The SMILES string of the molecule is O=C(O)CC1CCCc2cc(OCc3cccc(Oc4ccccc4)c3)ccc21. The summed E-state index contributed by atoms with van der Waals surface area (Å²) in [5.41, 5.74) is 3.39. The predicted molar refractivity (Wildman–Crippen MR) is 112 cm³/mol. The minimum Gasteiger partial charge on any atom is -0.489 e. The monoisotopic (exact) mass is 388 g/mol. The fourth-order valence-corrected chi connectivity index (χ4v) is 3.89. The van der Waals surface area contributed by atoms with E-state index in [2.05, 4.69) is 6.07 Å². The zero-order chi connectivity index (χ0) is 20.1. The van der Waals surface area contributed by atoms with Crippen LogP contribution < -0.4 is 9.47 Å². The number of carbonyl (C=O) groups is 1. The number of aliphatic carboxylic acids is 1. The second-order valence-corrected chi connectivity index (χ2v) is 7.40. The second kappa shape index (κ2) is 8.82. The highest BCUT2D eigenvalue weighted by Gasteiger charge is 2.22. The molecule has 0 saturated heterocycles. The van der Waals surface area contributed by atoms with Gasteiger partial charge in [-0.2, -0.15) is 0 Å². The number of carboxylic acids is 1. The molecular weight excluding hydrogens is 364 g/mol. The number of ether oxygens (including phenoxy) is 2. The van der Waals surface area contributed by atoms with E-state index in [0.29, 0.717) is 6.61 Å². The summed E-state index contributed by atoms with van der Waals surface area (Å²) in [6, 6.07) is 23.6. The molecule has 0 fully saturated rings. The summed E-state index contributed by atoms with van der Waals surface area (Å²) in [5.74, 6) is 1.77. The van der Waals surface area contributed by atoms with E-state index in [-0.39, 0.29) is 12.3 Å². The summed E-state index contributed by atoms with van der Waals surface area (Å²) in [5, 5.41) is 9.14. The summed E-state index contributed by atoms with van der Waals surface area (Å²) in [4.78, 5) is 11.1. The third-order valence-corrected chi connectivity index (χ3v) is 5.26. The highest BCUT2D eigenvalue weighted by Crippen LogP contribution is 2.36. The fourth-order valence-electron chi connectivity index (χ4n) is 3.89. The number of carboxylic acid groups (broad SMARTS) is 1. The van der Waals surface area contributed by atoms with Crippen LogP contribution in [0.15, 0.2) is 72.8 Å². The molecule has 0 saturated carbocycles. The van der Waals surface area contributed by atoms with Crippen LogP contribution >= 0.6 is 0 Å². The molecule has 29 heavy (non-hydrogen) atoms. The van der Waals surface area contributed by atoms with Crippen LogP contribution in [0.5, 0.6) is 17.2 Å². The highest BCUT2D eigenvalue weighted by molar-refractivity contribution is 5.68. The summed E-state index contributed by atoms with van der Waals surface area (Å²) in [6.07, 6.45) is 3.13. The predicted octanol–water partition coefficient (Wildman–Crippen LogP) is 5.95. The standard InChI is InChI=1S/C25H24O4/c26-25(27)16-20-8-5-7-19-15-22(12-13-24(19)20)28-17-18-6-4-11-23(14-18)29-21-9-2-1-3-10-21/h1-4,6,9-15,20H,5,7-8,16-17H2,(H,26,27). The maximum atomic E-state index is 11.1. The molecule has 4 heteroatoms. The summed E-state index contributed by atoms with van der Waals surface area (Å²) >= 11 is 0. The van der Waals surface area contributed by atoms with E-state index in [1.54, 1.807) is 0 Å². The van der Waals surface area contributed by atoms with Crippen molar-refractivity contribution in [2.75, 3.05) is 0 Å². The van der Waals surface area contributed by atoms with Crippen LogP contribution in [0.25, 0.3) is 0 Å². The Hall–Kier alpha value is -3.27. The molecular formula is C25H24O4. The van der Waals surface area contributed by atoms with Gasteiger partial charge in [0.05, 0.1) is 6.42 Å². The molecule has 1 aliphatic carbocycles. The number of fused-ring (bicyclic) bond motifs is 1. The van der Waals surface area contributed by atoms with Gasteiger partial charge in [0.25, 0.3) is 0 Å². The Bertz CT molecular complexity index is 981. The van der Waals surface area contributed by atoms with E-state index in [1.807, 2.05) is 66.7 Å². The highest BCUT2D eigenvalue weighted by atomic mass is 16.5. The van der Waals surface area contributed by atoms with Crippen molar-refractivity contribution in [2.24, 2.45) is 0 Å². The molecule has 148 valence electrons. The Labute approximate surface area is 170 Å². The lowest BCUT2D eigenvalue weighted by Crippen LogP contribution is -2.13. The van der Waals surface area contributed by atoms with Gasteiger partial charge in [-0.05, 0) is 78.3 Å². The molecule has 1 aliphatic rings. The zero-order valence-electron chi connectivity index (χ0n) is 16.2. The van der Waals surface area contributed by atoms with Crippen LogP contribution in [0, 0.1) is 0 Å². The number of benzene rings is 3. The van der Waals surface area contributed by atoms with Crippen LogP contribution in [0.1, 0.15) is 41.9 Å². The zero-order valence-corrected chi connectivity index (χ0v) is 16.2. The number of hydrogen-bond acceptors (Lipinski definition) is 3.